The molecule has 1 aromatic carbocycles. The van der Waals surface area contributed by atoms with E-state index in [9.17, 15) is 0 Å². The zero-order chi connectivity index (χ0) is 11.9. The average Bonchev–Trinajstić information content (AvgIpc) is 2.51. The van der Waals surface area contributed by atoms with Crippen LogP contribution in [0.3, 0.4) is 0 Å². The highest BCUT2D eigenvalue weighted by Crippen LogP contribution is 2.28. The van der Waals surface area contributed by atoms with Crippen LogP contribution in [-0.2, 0) is 7.05 Å². The molecule has 0 radical (unpaired) electrons. The second kappa shape index (κ2) is 3.98. The second-order valence-electron chi connectivity index (χ2n) is 4.03. The van der Waals surface area contributed by atoms with Crippen molar-refractivity contribution in [2.45, 2.75) is 18.7 Å². The van der Waals surface area contributed by atoms with Gasteiger partial charge in [-0.15, -0.1) is 11.8 Å². The van der Waals surface area contributed by atoms with Crippen LogP contribution in [0.15, 0.2) is 23.1 Å². The maximum absolute atomic E-state index is 7.88. The van der Waals surface area contributed by atoms with Crippen molar-refractivity contribution < 1.29 is 0 Å². The van der Waals surface area contributed by atoms with E-state index in [2.05, 4.69) is 43.0 Å². The Morgan fingerprint density at radius 2 is 2.06 bits per heavy atom. The fourth-order valence-corrected chi connectivity index (χ4v) is 2.59. The van der Waals surface area contributed by atoms with E-state index in [1.165, 1.54) is 21.5 Å². The number of aryl methyl sites for hydroxylation is 1. The van der Waals surface area contributed by atoms with Crippen LogP contribution in [0.2, 0.25) is 0 Å². The third-order valence-electron chi connectivity index (χ3n) is 3.07. The van der Waals surface area contributed by atoms with E-state index in [-0.39, 0.29) is 0 Å². The van der Waals surface area contributed by atoms with Crippen molar-refractivity contribution >= 4 is 28.4 Å². The number of thioether (sulfide) groups is 1. The predicted octanol–water partition coefficient (Wildman–Crippen LogP) is 3.60. The van der Waals surface area contributed by atoms with E-state index in [1.807, 2.05) is 6.92 Å². The first-order valence-corrected chi connectivity index (χ1v) is 6.47. The summed E-state index contributed by atoms with van der Waals surface area (Å²) in [5.41, 5.74) is 4.09. The molecular formula is C13H16N2S. The normalized spacial score (nSPS) is 11.0. The smallest absolute Gasteiger partial charge is 0.0487 e. The molecular weight excluding hydrogens is 216 g/mol. The number of fused-ring (bicyclic) bond motifs is 1. The van der Waals surface area contributed by atoms with Crippen molar-refractivity contribution in [2.75, 3.05) is 6.26 Å². The molecule has 0 spiro atoms. The molecule has 2 rings (SSSR count). The number of nitrogens with zero attached hydrogens (tertiary/aromatic N) is 1. The van der Waals surface area contributed by atoms with E-state index in [0.717, 1.165) is 5.56 Å². The van der Waals surface area contributed by atoms with E-state index in [0.29, 0.717) is 5.71 Å². The number of hydrogen-bond acceptors (Lipinski definition) is 2. The van der Waals surface area contributed by atoms with Crippen LogP contribution in [0.5, 0.6) is 0 Å². The summed E-state index contributed by atoms with van der Waals surface area (Å²) in [5.74, 6) is 0. The Hall–Kier alpha value is -1.22. The van der Waals surface area contributed by atoms with Gasteiger partial charge in [0, 0.05) is 39.8 Å². The number of hydrogen-bond donors (Lipinski definition) is 1. The molecule has 16 heavy (non-hydrogen) atoms. The molecule has 0 saturated heterocycles. The van der Waals surface area contributed by atoms with Gasteiger partial charge in [0.15, 0.2) is 0 Å². The van der Waals surface area contributed by atoms with Gasteiger partial charge in [0.25, 0.3) is 0 Å². The third-order valence-corrected chi connectivity index (χ3v) is 3.80. The van der Waals surface area contributed by atoms with Gasteiger partial charge >= 0.3 is 0 Å². The lowest BCUT2D eigenvalue weighted by Crippen LogP contribution is -1.96. The van der Waals surface area contributed by atoms with Gasteiger partial charge in [0.1, 0.15) is 0 Å². The quantitative estimate of drug-likeness (QED) is 0.622. The van der Waals surface area contributed by atoms with E-state index < -0.39 is 0 Å². The molecule has 0 unspecified atom stereocenters. The van der Waals surface area contributed by atoms with Crippen molar-refractivity contribution in [2.24, 2.45) is 7.05 Å². The Kier molecular flexibility index (Phi) is 2.80. The zero-order valence-corrected chi connectivity index (χ0v) is 10.9. The molecule has 84 valence electrons. The van der Waals surface area contributed by atoms with Crippen molar-refractivity contribution in [1.29, 1.82) is 5.41 Å². The molecule has 2 aromatic rings. The van der Waals surface area contributed by atoms with Gasteiger partial charge in [-0.2, -0.15) is 0 Å². The summed E-state index contributed by atoms with van der Waals surface area (Å²) in [4.78, 5) is 1.25. The monoisotopic (exact) mass is 232 g/mol. The lowest BCUT2D eigenvalue weighted by Gasteiger charge is -1.99. The standard InChI is InChI=1S/C13H16N2S/c1-8(14)13-9(2)15(3)12-6-5-10(16-4)7-11(12)13/h5-7,14H,1-4H3. The van der Waals surface area contributed by atoms with Crippen LogP contribution in [-0.4, -0.2) is 16.5 Å². The second-order valence-corrected chi connectivity index (χ2v) is 4.91. The Balaban J connectivity index is 2.86. The first-order chi connectivity index (χ1) is 7.56. The van der Waals surface area contributed by atoms with Crippen molar-refractivity contribution in [3.05, 3.63) is 29.5 Å². The minimum absolute atomic E-state index is 0.640. The van der Waals surface area contributed by atoms with Crippen LogP contribution >= 0.6 is 11.8 Å². The summed E-state index contributed by atoms with van der Waals surface area (Å²) in [5, 5.41) is 9.07. The molecule has 2 nitrogen and oxygen atoms in total. The Labute approximate surface area is 100 Å². The SMILES string of the molecule is CSc1ccc2c(c1)c(C(C)=N)c(C)n2C. The van der Waals surface area contributed by atoms with Gasteiger partial charge < -0.3 is 9.98 Å². The largest absolute Gasteiger partial charge is 0.347 e. The Bertz CT molecular complexity index is 567. The van der Waals surface area contributed by atoms with Gasteiger partial charge in [-0.1, -0.05) is 0 Å². The number of aromatic nitrogens is 1. The minimum Gasteiger partial charge on any atom is -0.347 e. The molecule has 0 aliphatic carbocycles. The van der Waals surface area contributed by atoms with E-state index in [1.54, 1.807) is 11.8 Å². The summed E-state index contributed by atoms with van der Waals surface area (Å²) >= 11 is 1.74. The molecule has 0 atom stereocenters. The van der Waals surface area contributed by atoms with Crippen molar-refractivity contribution in [3.63, 3.8) is 0 Å². The summed E-state index contributed by atoms with van der Waals surface area (Å²) in [7, 11) is 2.06. The zero-order valence-electron chi connectivity index (χ0n) is 10.1. The molecule has 3 heteroatoms. The van der Waals surface area contributed by atoms with Gasteiger partial charge in [-0.25, -0.2) is 0 Å². The molecule has 1 heterocycles. The molecule has 0 fully saturated rings. The number of benzene rings is 1. The first-order valence-electron chi connectivity index (χ1n) is 5.24. The molecule has 0 amide bonds. The van der Waals surface area contributed by atoms with Crippen LogP contribution in [0.4, 0.5) is 0 Å². The maximum atomic E-state index is 7.88. The summed E-state index contributed by atoms with van der Waals surface area (Å²) < 4.78 is 2.16. The highest BCUT2D eigenvalue weighted by atomic mass is 32.2. The maximum Gasteiger partial charge on any atom is 0.0487 e. The summed E-state index contributed by atoms with van der Waals surface area (Å²) in [6.45, 7) is 3.93. The molecule has 0 bridgehead atoms. The van der Waals surface area contributed by atoms with Crippen LogP contribution in [0.25, 0.3) is 10.9 Å². The average molecular weight is 232 g/mol. The van der Waals surface area contributed by atoms with Crippen molar-refractivity contribution in [1.82, 2.24) is 4.57 Å². The predicted molar refractivity (Wildman–Crippen MR) is 71.9 cm³/mol. The van der Waals surface area contributed by atoms with Crippen LogP contribution in [0, 0.1) is 12.3 Å². The Morgan fingerprint density at radius 3 is 2.62 bits per heavy atom. The highest BCUT2D eigenvalue weighted by Gasteiger charge is 2.13. The number of rotatable bonds is 2. The van der Waals surface area contributed by atoms with Gasteiger partial charge in [0.05, 0.1) is 0 Å². The van der Waals surface area contributed by atoms with Gasteiger partial charge in [0.2, 0.25) is 0 Å². The van der Waals surface area contributed by atoms with Crippen LogP contribution < -0.4 is 0 Å². The Morgan fingerprint density at radius 1 is 1.38 bits per heavy atom. The van der Waals surface area contributed by atoms with Gasteiger partial charge in [-0.3, -0.25) is 0 Å². The fraction of sp³-hybridized carbons (Fsp3) is 0.308. The summed E-state index contributed by atoms with van der Waals surface area (Å²) in [6, 6.07) is 6.45. The topological polar surface area (TPSA) is 28.8 Å². The molecule has 0 aliphatic heterocycles. The van der Waals surface area contributed by atoms with Crippen LogP contribution in [0.1, 0.15) is 18.2 Å². The lowest BCUT2D eigenvalue weighted by molar-refractivity contribution is 0.915. The van der Waals surface area contributed by atoms with E-state index >= 15 is 0 Å². The third kappa shape index (κ3) is 1.55. The summed E-state index contributed by atoms with van der Waals surface area (Å²) in [6.07, 6.45) is 2.08. The molecule has 1 aromatic heterocycles. The van der Waals surface area contributed by atoms with Gasteiger partial charge in [-0.05, 0) is 38.3 Å². The molecule has 0 saturated carbocycles. The number of nitrogens with one attached hydrogen (secondary N) is 1. The van der Waals surface area contributed by atoms with E-state index in [4.69, 9.17) is 5.41 Å². The molecule has 0 aliphatic rings. The highest BCUT2D eigenvalue weighted by molar-refractivity contribution is 7.98. The molecule has 1 N–H and O–H groups in total. The van der Waals surface area contributed by atoms with Crippen molar-refractivity contribution in [3.8, 4) is 0 Å². The minimum atomic E-state index is 0.640. The first kappa shape index (κ1) is 11.3. The lowest BCUT2D eigenvalue weighted by atomic mass is 10.1. The fourth-order valence-electron chi connectivity index (χ4n) is 2.15.